The summed E-state index contributed by atoms with van der Waals surface area (Å²) in [5.74, 6) is 0.747. The molecule has 1 atom stereocenters. The molecule has 0 bridgehead atoms. The Bertz CT molecular complexity index is 636. The van der Waals surface area contributed by atoms with Gasteiger partial charge in [0.1, 0.15) is 10.7 Å². The summed E-state index contributed by atoms with van der Waals surface area (Å²) in [4.78, 5) is 0.218. The largest absolute Gasteiger partial charge is 0.467 e. The SMILES string of the molecule is CNS(=O)(=O)c1ccccc1NC(C)c1ccco1. The third kappa shape index (κ3) is 2.97. The van der Waals surface area contributed by atoms with E-state index in [4.69, 9.17) is 4.42 Å². The summed E-state index contributed by atoms with van der Waals surface area (Å²) < 4.78 is 31.4. The van der Waals surface area contributed by atoms with Gasteiger partial charge in [-0.15, -0.1) is 0 Å². The summed E-state index contributed by atoms with van der Waals surface area (Å²) >= 11 is 0. The van der Waals surface area contributed by atoms with Crippen LogP contribution in [0.5, 0.6) is 0 Å². The van der Waals surface area contributed by atoms with Gasteiger partial charge in [0, 0.05) is 0 Å². The van der Waals surface area contributed by atoms with Crippen LogP contribution in [0.3, 0.4) is 0 Å². The highest BCUT2D eigenvalue weighted by atomic mass is 32.2. The van der Waals surface area contributed by atoms with E-state index in [0.717, 1.165) is 5.76 Å². The summed E-state index contributed by atoms with van der Waals surface area (Å²) in [5.41, 5.74) is 0.542. The van der Waals surface area contributed by atoms with Crippen LogP contribution in [0.2, 0.25) is 0 Å². The molecule has 6 heteroatoms. The minimum absolute atomic E-state index is 0.122. The number of anilines is 1. The van der Waals surface area contributed by atoms with Gasteiger partial charge < -0.3 is 9.73 Å². The lowest BCUT2D eigenvalue weighted by Gasteiger charge is -2.16. The Balaban J connectivity index is 2.31. The molecule has 0 aliphatic rings. The predicted molar refractivity (Wildman–Crippen MR) is 73.4 cm³/mol. The molecule has 1 aromatic heterocycles. The topological polar surface area (TPSA) is 71.3 Å². The van der Waals surface area contributed by atoms with Crippen LogP contribution in [0.25, 0.3) is 0 Å². The number of furan rings is 1. The van der Waals surface area contributed by atoms with Crippen molar-refractivity contribution < 1.29 is 12.8 Å². The molecule has 1 aromatic carbocycles. The summed E-state index contributed by atoms with van der Waals surface area (Å²) in [6.45, 7) is 1.90. The molecule has 0 aliphatic heterocycles. The lowest BCUT2D eigenvalue weighted by atomic mass is 10.2. The highest BCUT2D eigenvalue weighted by molar-refractivity contribution is 7.89. The van der Waals surface area contributed by atoms with Crippen molar-refractivity contribution in [3.05, 3.63) is 48.4 Å². The molecule has 0 radical (unpaired) electrons. The van der Waals surface area contributed by atoms with Crippen molar-refractivity contribution in [1.29, 1.82) is 0 Å². The number of sulfonamides is 1. The molecule has 1 heterocycles. The molecule has 1 unspecified atom stereocenters. The van der Waals surface area contributed by atoms with Crippen LogP contribution in [-0.2, 0) is 10.0 Å². The molecule has 5 nitrogen and oxygen atoms in total. The summed E-state index contributed by atoms with van der Waals surface area (Å²) in [7, 11) is -2.10. The maximum absolute atomic E-state index is 11.9. The normalized spacial score (nSPS) is 13.2. The van der Waals surface area contributed by atoms with Crippen molar-refractivity contribution in [2.24, 2.45) is 0 Å². The third-order valence-electron chi connectivity index (χ3n) is 2.79. The molecule has 0 aliphatic carbocycles. The molecule has 0 saturated carbocycles. The molecule has 0 saturated heterocycles. The fourth-order valence-corrected chi connectivity index (χ4v) is 2.67. The molecule has 2 aromatic rings. The Labute approximate surface area is 112 Å². The van der Waals surface area contributed by atoms with E-state index in [9.17, 15) is 8.42 Å². The van der Waals surface area contributed by atoms with Crippen LogP contribution < -0.4 is 10.0 Å². The first-order chi connectivity index (χ1) is 9.04. The Hall–Kier alpha value is -1.79. The molecule has 0 amide bonds. The van der Waals surface area contributed by atoms with Gasteiger partial charge in [0.2, 0.25) is 10.0 Å². The van der Waals surface area contributed by atoms with Crippen LogP contribution in [0.15, 0.2) is 52.0 Å². The number of benzene rings is 1. The average molecular weight is 280 g/mol. The molecular formula is C13H16N2O3S. The fraction of sp³-hybridized carbons (Fsp3) is 0.231. The first kappa shape index (κ1) is 13.6. The zero-order valence-corrected chi connectivity index (χ0v) is 11.6. The van der Waals surface area contributed by atoms with Crippen LogP contribution in [-0.4, -0.2) is 15.5 Å². The van der Waals surface area contributed by atoms with Gasteiger partial charge in [0.25, 0.3) is 0 Å². The van der Waals surface area contributed by atoms with Crippen molar-refractivity contribution in [2.75, 3.05) is 12.4 Å². The van der Waals surface area contributed by atoms with E-state index in [-0.39, 0.29) is 10.9 Å². The second kappa shape index (κ2) is 5.46. The van der Waals surface area contributed by atoms with Crippen LogP contribution >= 0.6 is 0 Å². The smallest absolute Gasteiger partial charge is 0.242 e. The van der Waals surface area contributed by atoms with E-state index < -0.39 is 10.0 Å². The van der Waals surface area contributed by atoms with Crippen molar-refractivity contribution >= 4 is 15.7 Å². The molecular weight excluding hydrogens is 264 g/mol. The first-order valence-electron chi connectivity index (χ1n) is 5.87. The number of hydrogen-bond donors (Lipinski definition) is 2. The zero-order valence-electron chi connectivity index (χ0n) is 10.8. The maximum atomic E-state index is 11.9. The number of para-hydroxylation sites is 1. The second-order valence-electron chi connectivity index (χ2n) is 4.09. The van der Waals surface area contributed by atoms with Crippen LogP contribution in [0, 0.1) is 0 Å². The minimum Gasteiger partial charge on any atom is -0.467 e. The van der Waals surface area contributed by atoms with Crippen molar-refractivity contribution in [2.45, 2.75) is 17.9 Å². The van der Waals surface area contributed by atoms with Gasteiger partial charge in [-0.1, -0.05) is 12.1 Å². The van der Waals surface area contributed by atoms with Gasteiger partial charge in [-0.3, -0.25) is 0 Å². The van der Waals surface area contributed by atoms with Gasteiger partial charge in [0.15, 0.2) is 0 Å². The van der Waals surface area contributed by atoms with Gasteiger partial charge in [-0.2, -0.15) is 0 Å². The summed E-state index contributed by atoms with van der Waals surface area (Å²) in [6, 6.07) is 10.3. The summed E-state index contributed by atoms with van der Waals surface area (Å²) in [6.07, 6.45) is 1.59. The summed E-state index contributed by atoms with van der Waals surface area (Å²) in [5, 5.41) is 3.14. The van der Waals surface area contributed by atoms with E-state index in [2.05, 4.69) is 10.0 Å². The predicted octanol–water partition coefficient (Wildman–Crippen LogP) is 2.36. The molecule has 2 rings (SSSR count). The van der Waals surface area contributed by atoms with Crippen LogP contribution in [0.1, 0.15) is 18.7 Å². The lowest BCUT2D eigenvalue weighted by molar-refractivity contribution is 0.490. The van der Waals surface area contributed by atoms with Gasteiger partial charge in [-0.05, 0) is 38.2 Å². The number of rotatable bonds is 5. The molecule has 102 valence electrons. The third-order valence-corrected chi connectivity index (χ3v) is 4.26. The van der Waals surface area contributed by atoms with Gasteiger partial charge in [0.05, 0.1) is 18.0 Å². The van der Waals surface area contributed by atoms with Crippen molar-refractivity contribution in [3.63, 3.8) is 0 Å². The molecule has 0 fully saturated rings. The molecule has 2 N–H and O–H groups in total. The quantitative estimate of drug-likeness (QED) is 0.882. The van der Waals surface area contributed by atoms with E-state index >= 15 is 0 Å². The minimum atomic E-state index is -3.49. The first-order valence-corrected chi connectivity index (χ1v) is 7.35. The van der Waals surface area contributed by atoms with E-state index in [0.29, 0.717) is 5.69 Å². The van der Waals surface area contributed by atoms with Gasteiger partial charge in [-0.25, -0.2) is 13.1 Å². The molecule has 0 spiro atoms. The van der Waals surface area contributed by atoms with Crippen molar-refractivity contribution in [1.82, 2.24) is 4.72 Å². The Morgan fingerprint density at radius 2 is 1.89 bits per heavy atom. The highest BCUT2D eigenvalue weighted by Crippen LogP contribution is 2.25. The van der Waals surface area contributed by atoms with Gasteiger partial charge >= 0.3 is 0 Å². The fourth-order valence-electron chi connectivity index (χ4n) is 1.77. The van der Waals surface area contributed by atoms with E-state index in [1.165, 1.54) is 7.05 Å². The zero-order chi connectivity index (χ0) is 13.9. The van der Waals surface area contributed by atoms with Crippen LogP contribution in [0.4, 0.5) is 5.69 Å². The standard InChI is InChI=1S/C13H16N2O3S/c1-10(12-7-5-9-18-12)15-11-6-3-4-8-13(11)19(16,17)14-2/h3-10,14-15H,1-2H3. The number of hydrogen-bond acceptors (Lipinski definition) is 4. The number of nitrogens with one attached hydrogen (secondary N) is 2. The van der Waals surface area contributed by atoms with Crippen molar-refractivity contribution in [3.8, 4) is 0 Å². The Kier molecular flexibility index (Phi) is 3.92. The Morgan fingerprint density at radius 3 is 2.53 bits per heavy atom. The second-order valence-corrected chi connectivity index (χ2v) is 5.94. The highest BCUT2D eigenvalue weighted by Gasteiger charge is 2.18. The van der Waals surface area contributed by atoms with E-state index in [1.54, 1.807) is 36.6 Å². The maximum Gasteiger partial charge on any atom is 0.242 e. The molecule has 19 heavy (non-hydrogen) atoms. The Morgan fingerprint density at radius 1 is 1.16 bits per heavy atom. The average Bonchev–Trinajstić information content (AvgIpc) is 2.93. The lowest BCUT2D eigenvalue weighted by Crippen LogP contribution is -2.20. The monoisotopic (exact) mass is 280 g/mol. The van der Waals surface area contributed by atoms with E-state index in [1.807, 2.05) is 13.0 Å².